The van der Waals surface area contributed by atoms with Crippen LogP contribution < -0.4 is 14.6 Å². The van der Waals surface area contributed by atoms with Crippen LogP contribution in [0.4, 0.5) is 5.69 Å². The quantitative estimate of drug-likeness (QED) is 0.542. The fourth-order valence-corrected chi connectivity index (χ4v) is 18.5. The van der Waals surface area contributed by atoms with E-state index in [9.17, 15) is 9.59 Å². The first-order valence-corrected chi connectivity index (χ1v) is 18.5. The summed E-state index contributed by atoms with van der Waals surface area (Å²) in [4.78, 5) is 31.5. The Balaban J connectivity index is 1.45. The molecule has 4 rings (SSSR count). The van der Waals surface area contributed by atoms with Gasteiger partial charge in [0.2, 0.25) is 0 Å². The number of nitrogens with one attached hydrogen (secondary N) is 1. The van der Waals surface area contributed by atoms with Gasteiger partial charge in [-0.3, -0.25) is 0 Å². The molecule has 2 atom stereocenters. The summed E-state index contributed by atoms with van der Waals surface area (Å²) in [6, 6.07) is 8.88. The minimum atomic E-state index is -0.995. The minimum absolute atomic E-state index is 0.0280. The van der Waals surface area contributed by atoms with Crippen LogP contribution in [0, 0.1) is 11.8 Å². The molecule has 9 heteroatoms. The Bertz CT molecular complexity index is 767. The number of likely N-dealkylation sites (tertiary alicyclic amines) is 1. The van der Waals surface area contributed by atoms with Crippen LogP contribution in [0.2, 0.25) is 0 Å². The number of hydrogen-bond acceptors (Lipinski definition) is 6. The van der Waals surface area contributed by atoms with Crippen molar-refractivity contribution in [3.63, 3.8) is 0 Å². The first-order valence-electron chi connectivity index (χ1n) is 11.1. The second-order valence-electron chi connectivity index (χ2n) is 8.76. The van der Waals surface area contributed by atoms with E-state index in [1.165, 1.54) is 15.9 Å². The van der Waals surface area contributed by atoms with Crippen LogP contribution in [0.25, 0.3) is 0 Å². The molecule has 31 heavy (non-hydrogen) atoms. The molecule has 3 heterocycles. The summed E-state index contributed by atoms with van der Waals surface area (Å²) in [5.74, 6) is 3.36. The standard InChI is InChI=1S/C22H33AsN4O2S2/c1-25(2)21(28)16-26-10-8-18(15-26)22(29)27(14-17-7-9-24-13-17)20-5-3-19(4-6-20)23-30-11-12-31-23/h3-6,17-18,24H,7-16H2,1-2H3/t17?,18-/m1/s1. The van der Waals surface area contributed by atoms with Gasteiger partial charge in [-0.05, 0) is 0 Å². The molecule has 0 aromatic heterocycles. The number of carbonyl (C=O) groups excluding carboxylic acids is 2. The summed E-state index contributed by atoms with van der Waals surface area (Å²) >= 11 is -0.995. The Hall–Kier alpha value is -0.662. The molecule has 3 aliphatic heterocycles. The van der Waals surface area contributed by atoms with Crippen molar-refractivity contribution in [2.45, 2.75) is 12.8 Å². The van der Waals surface area contributed by atoms with Crippen molar-refractivity contribution < 1.29 is 9.59 Å². The Morgan fingerprint density at radius 2 is 1.90 bits per heavy atom. The van der Waals surface area contributed by atoms with E-state index in [0.717, 1.165) is 44.7 Å². The van der Waals surface area contributed by atoms with Crippen LogP contribution in [-0.2, 0) is 9.59 Å². The number of likely N-dealkylation sites (N-methyl/N-ethyl adjacent to an activating group) is 1. The number of amides is 2. The summed E-state index contributed by atoms with van der Waals surface area (Å²) in [6.07, 6.45) is 1.96. The second-order valence-corrected chi connectivity index (χ2v) is 20.5. The van der Waals surface area contributed by atoms with E-state index in [1.807, 2.05) is 4.90 Å². The van der Waals surface area contributed by atoms with Gasteiger partial charge in [-0.15, -0.1) is 0 Å². The van der Waals surface area contributed by atoms with Crippen molar-refractivity contribution >= 4 is 54.2 Å². The number of nitrogens with zero attached hydrogens (tertiary/aromatic N) is 3. The summed E-state index contributed by atoms with van der Waals surface area (Å²) < 4.78 is 1.49. The van der Waals surface area contributed by atoms with Crippen molar-refractivity contribution in [3.8, 4) is 0 Å². The Morgan fingerprint density at radius 3 is 2.55 bits per heavy atom. The van der Waals surface area contributed by atoms with Gasteiger partial charge in [-0.2, -0.15) is 0 Å². The molecule has 2 amide bonds. The molecule has 1 unspecified atom stereocenters. The molecule has 0 aliphatic carbocycles. The predicted molar refractivity (Wildman–Crippen MR) is 133 cm³/mol. The normalized spacial score (nSPS) is 24.6. The fourth-order valence-electron chi connectivity index (χ4n) is 4.36. The van der Waals surface area contributed by atoms with Crippen molar-refractivity contribution in [2.24, 2.45) is 11.8 Å². The van der Waals surface area contributed by atoms with E-state index in [4.69, 9.17) is 0 Å². The SMILES string of the molecule is CN(C)C(=O)CN1CC[C@@H](C(=O)N(CC2CCNC2)c2ccc([As]3SCCS3)cc2)C1. The van der Waals surface area contributed by atoms with E-state index in [1.54, 1.807) is 19.0 Å². The summed E-state index contributed by atoms with van der Waals surface area (Å²) in [5.41, 5.74) is 1.03. The first-order chi connectivity index (χ1) is 15.0. The predicted octanol–water partition coefficient (Wildman–Crippen LogP) is 1.21. The number of carbonyl (C=O) groups is 2. The van der Waals surface area contributed by atoms with Gasteiger partial charge in [0.05, 0.1) is 0 Å². The Labute approximate surface area is 197 Å². The van der Waals surface area contributed by atoms with Crippen LogP contribution in [0.1, 0.15) is 12.8 Å². The summed E-state index contributed by atoms with van der Waals surface area (Å²) in [7, 11) is 7.88. The van der Waals surface area contributed by atoms with Crippen LogP contribution in [0.15, 0.2) is 24.3 Å². The molecule has 3 fully saturated rings. The van der Waals surface area contributed by atoms with Crippen LogP contribution in [0.5, 0.6) is 0 Å². The van der Waals surface area contributed by atoms with Gasteiger partial charge >= 0.3 is 184 Å². The van der Waals surface area contributed by atoms with Gasteiger partial charge in [0, 0.05) is 14.1 Å². The van der Waals surface area contributed by atoms with E-state index in [-0.39, 0.29) is 17.7 Å². The summed E-state index contributed by atoms with van der Waals surface area (Å²) in [6.45, 7) is 4.70. The zero-order valence-electron chi connectivity index (χ0n) is 18.5. The molecule has 3 saturated heterocycles. The molecule has 0 bridgehead atoms. The van der Waals surface area contributed by atoms with Crippen LogP contribution in [-0.4, -0.2) is 98.8 Å². The van der Waals surface area contributed by atoms with Crippen LogP contribution in [0.3, 0.4) is 0 Å². The van der Waals surface area contributed by atoms with Gasteiger partial charge in [0.25, 0.3) is 0 Å². The van der Waals surface area contributed by atoms with E-state index >= 15 is 0 Å². The Morgan fingerprint density at radius 1 is 1.16 bits per heavy atom. The van der Waals surface area contributed by atoms with E-state index < -0.39 is 12.3 Å². The zero-order chi connectivity index (χ0) is 21.8. The van der Waals surface area contributed by atoms with Gasteiger partial charge in [-0.1, -0.05) is 0 Å². The summed E-state index contributed by atoms with van der Waals surface area (Å²) in [5, 5.41) is 3.44. The average molecular weight is 525 g/mol. The molecule has 170 valence electrons. The van der Waals surface area contributed by atoms with Crippen LogP contribution >= 0.6 is 20.0 Å². The second kappa shape index (κ2) is 11.0. The molecule has 1 aromatic carbocycles. The fraction of sp³-hybridized carbons (Fsp3) is 0.636. The topological polar surface area (TPSA) is 55.9 Å². The van der Waals surface area contributed by atoms with Gasteiger partial charge in [0.1, 0.15) is 0 Å². The third-order valence-corrected chi connectivity index (χ3v) is 20.0. The van der Waals surface area contributed by atoms with Crippen molar-refractivity contribution in [3.05, 3.63) is 24.3 Å². The first kappa shape index (κ1) is 23.5. The Kier molecular flexibility index (Phi) is 8.32. The zero-order valence-corrected chi connectivity index (χ0v) is 22.0. The third-order valence-electron chi connectivity index (χ3n) is 6.22. The third kappa shape index (κ3) is 6.02. The van der Waals surface area contributed by atoms with Crippen molar-refractivity contribution in [2.75, 3.05) is 69.8 Å². The average Bonchev–Trinajstić information content (AvgIpc) is 3.54. The van der Waals surface area contributed by atoms with Gasteiger partial charge < -0.3 is 0 Å². The van der Waals surface area contributed by atoms with Crippen molar-refractivity contribution in [1.82, 2.24) is 15.1 Å². The molecular formula is C22H33AsN4O2S2. The number of hydrogen-bond donors (Lipinski definition) is 1. The molecule has 1 N–H and O–H groups in total. The maximum atomic E-state index is 13.6. The van der Waals surface area contributed by atoms with E-state index in [0.29, 0.717) is 19.0 Å². The maximum absolute atomic E-state index is 13.6. The molecule has 0 radical (unpaired) electrons. The molecule has 0 saturated carbocycles. The molecule has 6 nitrogen and oxygen atoms in total. The monoisotopic (exact) mass is 524 g/mol. The molecule has 3 aliphatic rings. The van der Waals surface area contributed by atoms with Gasteiger partial charge in [0.15, 0.2) is 0 Å². The number of benzene rings is 1. The number of rotatable bonds is 7. The van der Waals surface area contributed by atoms with Crippen molar-refractivity contribution in [1.29, 1.82) is 0 Å². The van der Waals surface area contributed by atoms with Gasteiger partial charge in [-0.25, -0.2) is 0 Å². The van der Waals surface area contributed by atoms with E-state index in [2.05, 4.69) is 54.5 Å². The molecular weight excluding hydrogens is 491 g/mol. The number of anilines is 1. The molecule has 1 aromatic rings. The molecule has 0 spiro atoms.